The molecule has 0 fully saturated rings. The van der Waals surface area contributed by atoms with Crippen LogP contribution in [0.2, 0.25) is 0 Å². The average Bonchev–Trinajstić information content (AvgIpc) is 3.38. The highest BCUT2D eigenvalue weighted by Crippen LogP contribution is 2.41. The third-order valence-corrected chi connectivity index (χ3v) is 8.54. The van der Waals surface area contributed by atoms with E-state index in [0.29, 0.717) is 39.0 Å². The molecular formula is C32H24F2N6O3S. The van der Waals surface area contributed by atoms with Crippen LogP contribution in [0.25, 0.3) is 37.2 Å². The van der Waals surface area contributed by atoms with Gasteiger partial charge in [-0.2, -0.15) is 5.26 Å². The van der Waals surface area contributed by atoms with E-state index in [9.17, 15) is 23.6 Å². The SMILES string of the molecule is COc1ccc(-n2c(=O)c3c(CN(C)C)c(-c4ccc(C#N)c5ncccc45)sc3n(Cc3c(F)cccc3F)c2=O)cn1. The van der Waals surface area contributed by atoms with Crippen LogP contribution in [0.1, 0.15) is 16.7 Å². The van der Waals surface area contributed by atoms with Gasteiger partial charge in [0.25, 0.3) is 5.56 Å². The Hall–Kier alpha value is -5.25. The molecule has 4 heterocycles. The highest BCUT2D eigenvalue weighted by molar-refractivity contribution is 7.22. The van der Waals surface area contributed by atoms with Crippen molar-refractivity contribution in [2.75, 3.05) is 21.2 Å². The fourth-order valence-corrected chi connectivity index (χ4v) is 6.58. The van der Waals surface area contributed by atoms with Gasteiger partial charge in [-0.3, -0.25) is 14.3 Å². The molecule has 0 atom stereocenters. The van der Waals surface area contributed by atoms with Crippen LogP contribution in [0.3, 0.4) is 0 Å². The first-order valence-corrected chi connectivity index (χ1v) is 14.2. The quantitative estimate of drug-likeness (QED) is 0.248. The van der Waals surface area contributed by atoms with Crippen LogP contribution in [-0.2, 0) is 13.1 Å². The lowest BCUT2D eigenvalue weighted by molar-refractivity contribution is 0.397. The topological polar surface area (TPSA) is 106 Å². The van der Waals surface area contributed by atoms with Crippen molar-refractivity contribution >= 4 is 32.5 Å². The Kier molecular flexibility index (Phi) is 7.50. The van der Waals surface area contributed by atoms with Crippen molar-refractivity contribution in [1.29, 1.82) is 5.26 Å². The van der Waals surface area contributed by atoms with E-state index in [1.807, 2.05) is 25.1 Å². The Balaban J connectivity index is 1.75. The van der Waals surface area contributed by atoms with Crippen LogP contribution >= 0.6 is 11.3 Å². The number of fused-ring (bicyclic) bond motifs is 2. The van der Waals surface area contributed by atoms with E-state index >= 15 is 0 Å². The number of nitriles is 1. The summed E-state index contributed by atoms with van der Waals surface area (Å²) in [5.41, 5.74) is 0.679. The molecule has 0 radical (unpaired) electrons. The van der Waals surface area contributed by atoms with Gasteiger partial charge < -0.3 is 9.64 Å². The summed E-state index contributed by atoms with van der Waals surface area (Å²) < 4.78 is 37.2. The number of rotatable bonds is 7. The van der Waals surface area contributed by atoms with Crippen molar-refractivity contribution in [1.82, 2.24) is 24.0 Å². The highest BCUT2D eigenvalue weighted by Gasteiger charge is 2.26. The summed E-state index contributed by atoms with van der Waals surface area (Å²) in [6, 6.07) is 15.7. The fraction of sp³-hybridized carbons (Fsp3) is 0.156. The summed E-state index contributed by atoms with van der Waals surface area (Å²) in [4.78, 5) is 39.9. The summed E-state index contributed by atoms with van der Waals surface area (Å²) in [5.74, 6) is -1.35. The number of nitrogens with zero attached hydrogens (tertiary/aromatic N) is 6. The van der Waals surface area contributed by atoms with Crippen molar-refractivity contribution in [3.8, 4) is 28.1 Å². The first-order valence-electron chi connectivity index (χ1n) is 13.4. The Labute approximate surface area is 253 Å². The number of methoxy groups -OCH3 is 1. The first-order chi connectivity index (χ1) is 21.2. The van der Waals surface area contributed by atoms with E-state index in [1.54, 1.807) is 24.4 Å². The van der Waals surface area contributed by atoms with E-state index in [0.717, 1.165) is 16.7 Å². The molecule has 9 nitrogen and oxygen atoms in total. The van der Waals surface area contributed by atoms with Crippen LogP contribution in [-0.4, -0.2) is 45.2 Å². The molecule has 0 aliphatic rings. The molecule has 12 heteroatoms. The fourth-order valence-electron chi connectivity index (χ4n) is 5.25. The molecule has 220 valence electrons. The summed E-state index contributed by atoms with van der Waals surface area (Å²) in [5, 5.41) is 10.6. The van der Waals surface area contributed by atoms with Crippen molar-refractivity contribution < 1.29 is 13.5 Å². The highest BCUT2D eigenvalue weighted by atomic mass is 32.1. The maximum Gasteiger partial charge on any atom is 0.337 e. The van der Waals surface area contributed by atoms with Gasteiger partial charge in [-0.25, -0.2) is 23.1 Å². The molecule has 44 heavy (non-hydrogen) atoms. The third kappa shape index (κ3) is 4.82. The number of aromatic nitrogens is 4. The predicted molar refractivity (Wildman–Crippen MR) is 164 cm³/mol. The van der Waals surface area contributed by atoms with E-state index < -0.39 is 29.4 Å². The lowest BCUT2D eigenvalue weighted by Crippen LogP contribution is -2.39. The minimum absolute atomic E-state index is 0.169. The second-order valence-corrected chi connectivity index (χ2v) is 11.3. The maximum atomic E-state index is 14.9. The molecule has 0 spiro atoms. The van der Waals surface area contributed by atoms with Gasteiger partial charge in [0, 0.05) is 40.2 Å². The molecular weight excluding hydrogens is 586 g/mol. The number of halogens is 2. The van der Waals surface area contributed by atoms with Crippen LogP contribution in [0.5, 0.6) is 5.88 Å². The Morgan fingerprint density at radius 2 is 1.77 bits per heavy atom. The van der Waals surface area contributed by atoms with E-state index in [4.69, 9.17) is 4.74 Å². The van der Waals surface area contributed by atoms with Gasteiger partial charge in [0.05, 0.1) is 42.0 Å². The number of hydrogen-bond acceptors (Lipinski definition) is 8. The predicted octanol–water partition coefficient (Wildman–Crippen LogP) is 5.09. The lowest BCUT2D eigenvalue weighted by Gasteiger charge is -2.15. The second kappa shape index (κ2) is 11.4. The minimum Gasteiger partial charge on any atom is -0.481 e. The Morgan fingerprint density at radius 3 is 2.43 bits per heavy atom. The first kappa shape index (κ1) is 28.9. The molecule has 0 bridgehead atoms. The zero-order valence-electron chi connectivity index (χ0n) is 23.8. The molecule has 0 saturated carbocycles. The molecule has 0 aliphatic heterocycles. The third-order valence-electron chi connectivity index (χ3n) is 7.25. The van der Waals surface area contributed by atoms with Crippen LogP contribution in [0.4, 0.5) is 8.78 Å². The summed E-state index contributed by atoms with van der Waals surface area (Å²) in [6.45, 7) is -0.159. The maximum absolute atomic E-state index is 14.9. The number of ether oxygens (including phenoxy) is 1. The van der Waals surface area contributed by atoms with Gasteiger partial charge in [-0.15, -0.1) is 11.3 Å². The molecule has 6 rings (SSSR count). The molecule has 0 amide bonds. The van der Waals surface area contributed by atoms with Gasteiger partial charge in [0.1, 0.15) is 22.5 Å². The van der Waals surface area contributed by atoms with Gasteiger partial charge in [-0.05, 0) is 50.0 Å². The molecule has 0 unspecified atom stereocenters. The molecule has 6 aromatic rings. The largest absolute Gasteiger partial charge is 0.481 e. The monoisotopic (exact) mass is 610 g/mol. The molecule has 0 saturated heterocycles. The number of hydrogen-bond donors (Lipinski definition) is 0. The van der Waals surface area contributed by atoms with E-state index in [-0.39, 0.29) is 27.3 Å². The van der Waals surface area contributed by atoms with E-state index in [2.05, 4.69) is 16.0 Å². The summed E-state index contributed by atoms with van der Waals surface area (Å²) in [7, 11) is 5.14. The summed E-state index contributed by atoms with van der Waals surface area (Å²) >= 11 is 1.17. The molecule has 0 aliphatic carbocycles. The van der Waals surface area contributed by atoms with E-state index in [1.165, 1.54) is 47.4 Å². The van der Waals surface area contributed by atoms with Gasteiger partial charge in [0.2, 0.25) is 5.88 Å². The smallest absolute Gasteiger partial charge is 0.337 e. The molecule has 2 aromatic carbocycles. The Bertz CT molecular complexity index is 2210. The number of benzene rings is 2. The molecule has 4 aromatic heterocycles. The van der Waals surface area contributed by atoms with Gasteiger partial charge >= 0.3 is 5.69 Å². The van der Waals surface area contributed by atoms with Crippen molar-refractivity contribution in [2.24, 2.45) is 0 Å². The van der Waals surface area contributed by atoms with Crippen molar-refractivity contribution in [2.45, 2.75) is 13.1 Å². The van der Waals surface area contributed by atoms with Crippen LogP contribution in [0.15, 0.2) is 76.6 Å². The van der Waals surface area contributed by atoms with Crippen LogP contribution in [0, 0.1) is 23.0 Å². The van der Waals surface area contributed by atoms with Gasteiger partial charge in [0.15, 0.2) is 0 Å². The lowest BCUT2D eigenvalue weighted by atomic mass is 10.00. The second-order valence-electron chi connectivity index (χ2n) is 10.3. The standard InChI is InChI=1S/C32H24F2N6O3S/c1-38(2)16-23-27-30(41)40(19-10-12-26(43-3)37-15-19)32(42)39(17-22-24(33)7-4-8-25(22)34)31(27)44-29(23)21-11-9-18(14-35)28-20(21)6-5-13-36-28/h4-13,15H,16-17H2,1-3H3. The minimum atomic E-state index is -0.816. The zero-order valence-corrected chi connectivity index (χ0v) is 24.7. The van der Waals surface area contributed by atoms with Crippen molar-refractivity contribution in [3.05, 3.63) is 116 Å². The normalized spacial score (nSPS) is 11.4. The number of pyridine rings is 2. The van der Waals surface area contributed by atoms with Gasteiger partial charge in [-0.1, -0.05) is 18.2 Å². The van der Waals surface area contributed by atoms with Crippen LogP contribution < -0.4 is 16.0 Å². The number of thiophene rings is 1. The zero-order chi connectivity index (χ0) is 31.1. The Morgan fingerprint density at radius 1 is 1.00 bits per heavy atom. The average molecular weight is 611 g/mol. The van der Waals surface area contributed by atoms with Crippen molar-refractivity contribution in [3.63, 3.8) is 0 Å². The summed E-state index contributed by atoms with van der Waals surface area (Å²) in [6.07, 6.45) is 2.93. The molecule has 0 N–H and O–H groups in total.